The average molecular weight is 515 g/mol. The molecule has 0 radical (unpaired) electrons. The summed E-state index contributed by atoms with van der Waals surface area (Å²) < 4.78 is 76.4. The molecule has 0 saturated heterocycles. The number of hydrogen-bond acceptors (Lipinski definition) is 3. The van der Waals surface area contributed by atoms with Crippen molar-refractivity contribution < 1.29 is 36.2 Å². The van der Waals surface area contributed by atoms with Crippen LogP contribution in [0.4, 0.5) is 26.3 Å². The predicted molar refractivity (Wildman–Crippen MR) is 98.2 cm³/mol. The molecule has 0 heterocycles. The lowest BCUT2D eigenvalue weighted by Crippen LogP contribution is -2.39. The maximum absolute atomic E-state index is 12.1. The van der Waals surface area contributed by atoms with Gasteiger partial charge in [0, 0.05) is 13.1 Å². The molecular weight excluding hydrogens is 495 g/mol. The molecule has 0 aliphatic heterocycles. The van der Waals surface area contributed by atoms with Crippen molar-refractivity contribution in [3.05, 3.63) is 29.8 Å². The van der Waals surface area contributed by atoms with Crippen LogP contribution >= 0.6 is 24.0 Å². The van der Waals surface area contributed by atoms with E-state index in [2.05, 4.69) is 20.4 Å². The maximum Gasteiger partial charge on any atom is 0.573 e. The summed E-state index contributed by atoms with van der Waals surface area (Å²) >= 11 is 0. The second kappa shape index (κ2) is 11.4. The van der Waals surface area contributed by atoms with Gasteiger partial charge >= 0.3 is 12.5 Å². The molecule has 5 nitrogen and oxygen atoms in total. The highest BCUT2D eigenvalue weighted by Gasteiger charge is 2.31. The summed E-state index contributed by atoms with van der Waals surface area (Å²) in [7, 11) is 0. The van der Waals surface area contributed by atoms with Gasteiger partial charge in [-0.25, -0.2) is 0 Å². The zero-order valence-corrected chi connectivity index (χ0v) is 16.5. The van der Waals surface area contributed by atoms with Crippen molar-refractivity contribution in [1.82, 2.24) is 10.6 Å². The van der Waals surface area contributed by atoms with Crippen molar-refractivity contribution in [3.63, 3.8) is 0 Å². The molecule has 0 bridgehead atoms. The van der Waals surface area contributed by atoms with Crippen molar-refractivity contribution in [2.45, 2.75) is 32.0 Å². The molecule has 1 aromatic rings. The highest BCUT2D eigenvalue weighted by atomic mass is 127. The molecule has 0 aromatic heterocycles. The number of nitrogens with one attached hydrogen (secondary N) is 2. The fourth-order valence-corrected chi connectivity index (χ4v) is 1.84. The van der Waals surface area contributed by atoms with Crippen LogP contribution in [0.25, 0.3) is 0 Å². The van der Waals surface area contributed by atoms with Crippen LogP contribution in [-0.4, -0.2) is 43.2 Å². The van der Waals surface area contributed by atoms with Crippen molar-refractivity contribution in [2.75, 3.05) is 19.6 Å². The number of ether oxygens (including phenoxy) is 1. The van der Waals surface area contributed by atoms with Gasteiger partial charge in [-0.3, -0.25) is 4.99 Å². The van der Waals surface area contributed by atoms with E-state index in [0.717, 1.165) is 12.1 Å². The van der Waals surface area contributed by atoms with Crippen LogP contribution in [0.1, 0.15) is 25.0 Å². The van der Waals surface area contributed by atoms with E-state index >= 15 is 0 Å². The van der Waals surface area contributed by atoms with Gasteiger partial charge in [0.2, 0.25) is 0 Å². The van der Waals surface area contributed by atoms with Gasteiger partial charge in [-0.05, 0) is 24.6 Å². The van der Waals surface area contributed by atoms with Crippen LogP contribution in [0.2, 0.25) is 0 Å². The number of hydrogen-bond donors (Lipinski definition) is 3. The Balaban J connectivity index is 0.00000676. The van der Waals surface area contributed by atoms with E-state index in [1.54, 1.807) is 6.92 Å². The largest absolute Gasteiger partial charge is 0.573 e. The second-order valence-corrected chi connectivity index (χ2v) is 5.14. The monoisotopic (exact) mass is 515 g/mol. The van der Waals surface area contributed by atoms with Crippen molar-refractivity contribution in [3.8, 4) is 5.75 Å². The standard InChI is InChI=1S/C15H19F6N3O2.HI/c1-2-22-13(23-8-7-14(16,17)18)24-9-12(25)10-3-5-11(6-4-10)26-15(19,20)21;/h3-6,12,25H,2,7-9H2,1H3,(H2,22,23,24);1H. The Labute approximate surface area is 169 Å². The Bertz CT molecular complexity index is 578. The average Bonchev–Trinajstić information content (AvgIpc) is 2.50. The fraction of sp³-hybridized carbons (Fsp3) is 0.533. The number of halogens is 7. The summed E-state index contributed by atoms with van der Waals surface area (Å²) in [5, 5.41) is 15.2. The van der Waals surface area contributed by atoms with Crippen molar-refractivity contribution in [2.24, 2.45) is 4.99 Å². The minimum atomic E-state index is -4.81. The second-order valence-electron chi connectivity index (χ2n) is 5.14. The normalized spacial score (nSPS) is 13.6. The Morgan fingerprint density at radius 2 is 1.70 bits per heavy atom. The van der Waals surface area contributed by atoms with Gasteiger partial charge in [0.1, 0.15) is 5.75 Å². The van der Waals surface area contributed by atoms with Gasteiger partial charge in [0.05, 0.1) is 19.1 Å². The molecular formula is C15H20F6IN3O2. The van der Waals surface area contributed by atoms with E-state index in [0.29, 0.717) is 6.54 Å². The van der Waals surface area contributed by atoms with Gasteiger partial charge in [-0.15, -0.1) is 37.1 Å². The molecule has 1 aromatic carbocycles. The summed E-state index contributed by atoms with van der Waals surface area (Å²) in [6.07, 6.45) is -11.3. The first-order valence-corrected chi connectivity index (χ1v) is 7.63. The number of rotatable bonds is 7. The molecule has 1 atom stereocenters. The van der Waals surface area contributed by atoms with Gasteiger partial charge in [-0.1, -0.05) is 12.1 Å². The number of aliphatic hydroxyl groups excluding tert-OH is 1. The van der Waals surface area contributed by atoms with E-state index in [9.17, 15) is 31.4 Å². The lowest BCUT2D eigenvalue weighted by molar-refractivity contribution is -0.274. The van der Waals surface area contributed by atoms with E-state index in [1.807, 2.05) is 0 Å². The zero-order chi connectivity index (χ0) is 19.8. The number of alkyl halides is 6. The van der Waals surface area contributed by atoms with Crippen LogP contribution in [0.15, 0.2) is 29.3 Å². The summed E-state index contributed by atoms with van der Waals surface area (Å²) in [6.45, 7) is 1.55. The summed E-state index contributed by atoms with van der Waals surface area (Å²) in [5.74, 6) is -0.341. The predicted octanol–water partition coefficient (Wildman–Crippen LogP) is 3.74. The lowest BCUT2D eigenvalue weighted by Gasteiger charge is -2.14. The molecule has 0 saturated carbocycles. The fourth-order valence-electron chi connectivity index (χ4n) is 1.84. The summed E-state index contributed by atoms with van der Waals surface area (Å²) in [4.78, 5) is 3.96. The number of nitrogens with zero attached hydrogens (tertiary/aromatic N) is 1. The SMILES string of the molecule is CCNC(=NCC(O)c1ccc(OC(F)(F)F)cc1)NCCC(F)(F)F.I. The lowest BCUT2D eigenvalue weighted by atomic mass is 10.1. The third-order valence-electron chi connectivity index (χ3n) is 2.97. The van der Waals surface area contributed by atoms with Crippen LogP contribution in [0.3, 0.4) is 0 Å². The topological polar surface area (TPSA) is 65.9 Å². The number of benzene rings is 1. The van der Waals surface area contributed by atoms with Crippen molar-refractivity contribution >= 4 is 29.9 Å². The minimum Gasteiger partial charge on any atom is -0.406 e. The first-order valence-electron chi connectivity index (χ1n) is 7.63. The number of aliphatic hydroxyl groups is 1. The van der Waals surface area contributed by atoms with E-state index < -0.39 is 30.8 Å². The third-order valence-corrected chi connectivity index (χ3v) is 2.97. The number of guanidine groups is 1. The molecule has 0 amide bonds. The van der Waals surface area contributed by atoms with Gasteiger partial charge in [0.15, 0.2) is 5.96 Å². The summed E-state index contributed by atoms with van der Waals surface area (Å²) in [5.41, 5.74) is 0.286. The first-order chi connectivity index (χ1) is 12.0. The van der Waals surface area contributed by atoms with Crippen molar-refractivity contribution in [1.29, 1.82) is 0 Å². The Hall–Kier alpha value is -1.44. The quantitative estimate of drug-likeness (QED) is 0.224. The molecule has 3 N–H and O–H groups in total. The van der Waals surface area contributed by atoms with Crippen LogP contribution < -0.4 is 15.4 Å². The van der Waals surface area contributed by atoms with E-state index in [-0.39, 0.29) is 48.6 Å². The van der Waals surface area contributed by atoms with Crippen LogP contribution in [0, 0.1) is 0 Å². The van der Waals surface area contributed by atoms with E-state index in [4.69, 9.17) is 0 Å². The molecule has 27 heavy (non-hydrogen) atoms. The molecule has 12 heteroatoms. The maximum atomic E-state index is 12.1. The molecule has 0 spiro atoms. The molecule has 1 rings (SSSR count). The molecule has 0 aliphatic rings. The first kappa shape index (κ1) is 25.6. The molecule has 0 aliphatic carbocycles. The van der Waals surface area contributed by atoms with Gasteiger partial charge in [-0.2, -0.15) is 13.2 Å². The van der Waals surface area contributed by atoms with E-state index in [1.165, 1.54) is 12.1 Å². The zero-order valence-electron chi connectivity index (χ0n) is 14.2. The van der Waals surface area contributed by atoms with Gasteiger partial charge in [0.25, 0.3) is 0 Å². The molecule has 1 unspecified atom stereocenters. The molecule has 156 valence electrons. The highest BCUT2D eigenvalue weighted by Crippen LogP contribution is 2.24. The highest BCUT2D eigenvalue weighted by molar-refractivity contribution is 14.0. The Morgan fingerprint density at radius 1 is 1.11 bits per heavy atom. The minimum absolute atomic E-state index is 0. The smallest absolute Gasteiger partial charge is 0.406 e. The Kier molecular flexibility index (Phi) is 10.8. The number of aliphatic imine (C=N–C) groups is 1. The third kappa shape index (κ3) is 11.8. The Morgan fingerprint density at radius 3 is 2.19 bits per heavy atom. The molecule has 0 fully saturated rings. The summed E-state index contributed by atoms with van der Waals surface area (Å²) in [6, 6.07) is 4.57. The van der Waals surface area contributed by atoms with Crippen LogP contribution in [0.5, 0.6) is 5.75 Å². The van der Waals surface area contributed by atoms with Crippen LogP contribution in [-0.2, 0) is 0 Å². The van der Waals surface area contributed by atoms with Gasteiger partial charge < -0.3 is 20.5 Å².